The molecular weight excluding hydrogens is 322 g/mol. The molecule has 0 bridgehead atoms. The summed E-state index contributed by atoms with van der Waals surface area (Å²) in [6.07, 6.45) is 7.04. The van der Waals surface area contributed by atoms with Crippen LogP contribution in [0.2, 0.25) is 0 Å². The highest BCUT2D eigenvalue weighted by atomic mass is 32.2. The number of fused-ring (bicyclic) bond motifs is 1. The molecule has 4 rings (SSSR count). The first-order valence-electron chi connectivity index (χ1n) is 8.09. The zero-order valence-electron chi connectivity index (χ0n) is 13.4. The van der Waals surface area contributed by atoms with Crippen molar-refractivity contribution < 1.29 is 4.79 Å². The summed E-state index contributed by atoms with van der Waals surface area (Å²) in [5, 5.41) is 2.82. The molecule has 6 heteroatoms. The number of aromatic amines is 1. The lowest BCUT2D eigenvalue weighted by Gasteiger charge is -2.26. The largest absolute Gasteiger partial charge is 0.398 e. The number of H-pyrrole nitrogens is 1. The van der Waals surface area contributed by atoms with Gasteiger partial charge in [-0.2, -0.15) is 0 Å². The Hall–Kier alpha value is -2.21. The highest BCUT2D eigenvalue weighted by Crippen LogP contribution is 2.38. The quantitative estimate of drug-likeness (QED) is 0.729. The van der Waals surface area contributed by atoms with Crippen LogP contribution in [-0.2, 0) is 0 Å². The van der Waals surface area contributed by atoms with E-state index in [9.17, 15) is 9.59 Å². The van der Waals surface area contributed by atoms with Gasteiger partial charge >= 0.3 is 0 Å². The van der Waals surface area contributed by atoms with Gasteiger partial charge in [0, 0.05) is 16.8 Å². The van der Waals surface area contributed by atoms with Gasteiger partial charge in [-0.05, 0) is 54.4 Å². The number of amides is 1. The molecule has 0 spiro atoms. The van der Waals surface area contributed by atoms with E-state index in [1.165, 1.54) is 24.7 Å². The molecule has 126 valence electrons. The third-order valence-electron chi connectivity index (χ3n) is 4.45. The summed E-state index contributed by atoms with van der Waals surface area (Å²) in [5.74, 6) is 1.09. The average molecular weight is 343 g/mol. The second kappa shape index (κ2) is 7.13. The predicted octanol–water partition coefficient (Wildman–Crippen LogP) is 3.11. The number of anilines is 1. The molecule has 2 heterocycles. The molecule has 0 saturated heterocycles. The van der Waals surface area contributed by atoms with E-state index in [-0.39, 0.29) is 5.56 Å². The minimum atomic E-state index is -0.745. The SMILES string of the molecule is C1=CSCC1.NC(=O)c1cc2c(N)cc(C3CCC3)cc2[nH]c1=O. The monoisotopic (exact) mass is 343 g/mol. The molecule has 1 aliphatic carbocycles. The summed E-state index contributed by atoms with van der Waals surface area (Å²) in [4.78, 5) is 25.6. The van der Waals surface area contributed by atoms with Crippen molar-refractivity contribution in [1.29, 1.82) is 0 Å². The normalized spacial score (nSPS) is 16.5. The summed E-state index contributed by atoms with van der Waals surface area (Å²) >= 11 is 1.89. The lowest BCUT2D eigenvalue weighted by molar-refractivity contribution is 0.0999. The maximum Gasteiger partial charge on any atom is 0.261 e. The Labute approximate surface area is 144 Å². The third kappa shape index (κ3) is 3.48. The van der Waals surface area contributed by atoms with Gasteiger partial charge in [0.25, 0.3) is 11.5 Å². The summed E-state index contributed by atoms with van der Waals surface area (Å²) in [6, 6.07) is 5.34. The number of pyridine rings is 1. The number of rotatable bonds is 2. The van der Waals surface area contributed by atoms with Gasteiger partial charge in [-0.3, -0.25) is 9.59 Å². The molecule has 5 N–H and O–H groups in total. The van der Waals surface area contributed by atoms with Crippen LogP contribution in [0.3, 0.4) is 0 Å². The van der Waals surface area contributed by atoms with Gasteiger partial charge in [-0.25, -0.2) is 0 Å². The van der Waals surface area contributed by atoms with Crippen LogP contribution in [0.1, 0.15) is 47.5 Å². The smallest absolute Gasteiger partial charge is 0.261 e. The Kier molecular flexibility index (Phi) is 4.94. The number of nitrogen functional groups attached to an aromatic ring is 1. The molecule has 5 nitrogen and oxygen atoms in total. The van der Waals surface area contributed by atoms with Crippen LogP contribution in [0.15, 0.2) is 34.5 Å². The van der Waals surface area contributed by atoms with Gasteiger partial charge in [0.05, 0.1) is 5.52 Å². The van der Waals surface area contributed by atoms with Crippen molar-refractivity contribution in [3.63, 3.8) is 0 Å². The summed E-state index contributed by atoms with van der Waals surface area (Å²) in [6.45, 7) is 0. The van der Waals surface area contributed by atoms with E-state index < -0.39 is 11.5 Å². The molecule has 1 saturated carbocycles. The van der Waals surface area contributed by atoms with E-state index in [0.717, 1.165) is 18.4 Å². The van der Waals surface area contributed by atoms with Crippen molar-refractivity contribution in [3.05, 3.63) is 51.2 Å². The van der Waals surface area contributed by atoms with Crippen LogP contribution in [0.25, 0.3) is 10.9 Å². The standard InChI is InChI=1S/C14H15N3O2.C4H6S/c15-11-4-8(7-2-1-3-7)5-12-9(11)6-10(13(16)18)14(19)17-12;1-2-4-5-3-1/h4-7H,1-3,15H2,(H2,16,18)(H,17,19);1,3H,2,4H2. The highest BCUT2D eigenvalue weighted by molar-refractivity contribution is 8.02. The van der Waals surface area contributed by atoms with E-state index in [1.807, 2.05) is 23.9 Å². The van der Waals surface area contributed by atoms with Gasteiger partial charge in [-0.15, -0.1) is 11.8 Å². The van der Waals surface area contributed by atoms with Gasteiger partial charge in [0.1, 0.15) is 5.56 Å². The molecule has 1 fully saturated rings. The number of thioether (sulfide) groups is 1. The molecule has 1 aromatic heterocycles. The lowest BCUT2D eigenvalue weighted by Crippen LogP contribution is -2.23. The Morgan fingerprint density at radius 1 is 1.25 bits per heavy atom. The Bertz CT molecular complexity index is 847. The molecule has 24 heavy (non-hydrogen) atoms. The van der Waals surface area contributed by atoms with Gasteiger partial charge in [-0.1, -0.05) is 12.5 Å². The maximum absolute atomic E-state index is 11.8. The van der Waals surface area contributed by atoms with Crippen LogP contribution in [-0.4, -0.2) is 16.6 Å². The number of carbonyl (C=O) groups excluding carboxylic acids is 1. The molecule has 1 amide bonds. The summed E-state index contributed by atoms with van der Waals surface area (Å²) in [7, 11) is 0. The van der Waals surface area contributed by atoms with Crippen LogP contribution in [0, 0.1) is 0 Å². The van der Waals surface area contributed by atoms with E-state index >= 15 is 0 Å². The molecule has 0 atom stereocenters. The second-order valence-corrected chi connectivity index (χ2v) is 7.12. The molecule has 0 unspecified atom stereocenters. The number of benzene rings is 1. The van der Waals surface area contributed by atoms with E-state index in [0.29, 0.717) is 22.5 Å². The Morgan fingerprint density at radius 3 is 2.54 bits per heavy atom. The second-order valence-electron chi connectivity index (χ2n) is 6.11. The predicted molar refractivity (Wildman–Crippen MR) is 100 cm³/mol. The number of nitrogens with two attached hydrogens (primary N) is 2. The molecule has 0 radical (unpaired) electrons. The number of nitrogens with one attached hydrogen (secondary N) is 1. The van der Waals surface area contributed by atoms with Crippen molar-refractivity contribution >= 4 is 34.3 Å². The lowest BCUT2D eigenvalue weighted by atomic mass is 9.79. The molecule has 1 aliphatic heterocycles. The van der Waals surface area contributed by atoms with Crippen LogP contribution >= 0.6 is 11.8 Å². The topological polar surface area (TPSA) is 102 Å². The first-order chi connectivity index (χ1) is 11.6. The number of hydrogen-bond donors (Lipinski definition) is 3. The van der Waals surface area contributed by atoms with Crippen LogP contribution in [0.4, 0.5) is 5.69 Å². The average Bonchev–Trinajstić information content (AvgIpc) is 3.03. The fraction of sp³-hybridized carbons (Fsp3) is 0.333. The first-order valence-corrected chi connectivity index (χ1v) is 9.14. The van der Waals surface area contributed by atoms with Crippen molar-refractivity contribution in [2.75, 3.05) is 11.5 Å². The fourth-order valence-corrected chi connectivity index (χ4v) is 3.54. The van der Waals surface area contributed by atoms with Crippen LogP contribution in [0.5, 0.6) is 0 Å². The minimum Gasteiger partial charge on any atom is -0.398 e. The Morgan fingerprint density at radius 2 is 2.04 bits per heavy atom. The van der Waals surface area contributed by atoms with Crippen LogP contribution < -0.4 is 17.0 Å². The van der Waals surface area contributed by atoms with Gasteiger partial charge in [0.2, 0.25) is 0 Å². The number of aromatic nitrogens is 1. The summed E-state index contributed by atoms with van der Waals surface area (Å²) < 4.78 is 0. The summed E-state index contributed by atoms with van der Waals surface area (Å²) in [5.41, 5.74) is 13.0. The molecule has 1 aromatic carbocycles. The van der Waals surface area contributed by atoms with Crippen molar-refractivity contribution in [2.45, 2.75) is 31.6 Å². The van der Waals surface area contributed by atoms with E-state index in [2.05, 4.69) is 16.5 Å². The number of primary amides is 1. The molecule has 2 aliphatic rings. The van der Waals surface area contributed by atoms with Crippen molar-refractivity contribution in [3.8, 4) is 0 Å². The van der Waals surface area contributed by atoms with Gasteiger partial charge in [0.15, 0.2) is 0 Å². The first kappa shape index (κ1) is 16.6. The van der Waals surface area contributed by atoms with Crippen molar-refractivity contribution in [2.24, 2.45) is 5.73 Å². The Balaban J connectivity index is 0.000000290. The van der Waals surface area contributed by atoms with Crippen molar-refractivity contribution in [1.82, 2.24) is 4.98 Å². The number of hydrogen-bond acceptors (Lipinski definition) is 4. The maximum atomic E-state index is 11.8. The van der Waals surface area contributed by atoms with Gasteiger partial charge < -0.3 is 16.5 Å². The zero-order chi connectivity index (χ0) is 17.1. The number of carbonyl (C=O) groups is 1. The minimum absolute atomic E-state index is 0.0596. The molecular formula is C18H21N3O2S. The van der Waals surface area contributed by atoms with E-state index in [1.54, 1.807) is 0 Å². The highest BCUT2D eigenvalue weighted by Gasteiger charge is 2.21. The molecule has 2 aromatic rings. The number of allylic oxidation sites excluding steroid dienone is 1. The van der Waals surface area contributed by atoms with E-state index in [4.69, 9.17) is 11.5 Å². The zero-order valence-corrected chi connectivity index (χ0v) is 14.2. The fourth-order valence-electron chi connectivity index (χ4n) is 2.86. The third-order valence-corrected chi connectivity index (χ3v) is 5.31.